The van der Waals surface area contributed by atoms with E-state index >= 15 is 0 Å². The largest absolute Gasteiger partial charge is 0.462 e. The van der Waals surface area contributed by atoms with Gasteiger partial charge in [-0.3, -0.25) is 14.4 Å². The highest BCUT2D eigenvalue weighted by molar-refractivity contribution is 5.71. The van der Waals surface area contributed by atoms with Gasteiger partial charge in [-0.25, -0.2) is 0 Å². The van der Waals surface area contributed by atoms with Gasteiger partial charge in [0.25, 0.3) is 0 Å². The fourth-order valence-electron chi connectivity index (χ4n) is 9.69. The van der Waals surface area contributed by atoms with Crippen molar-refractivity contribution >= 4 is 17.9 Å². The number of esters is 3. The Balaban J connectivity index is 4.35. The molecular formula is C72H126O6. The molecule has 0 radical (unpaired) electrons. The molecule has 0 bridgehead atoms. The molecule has 1 atom stereocenters. The number of rotatable bonds is 61. The predicted molar refractivity (Wildman–Crippen MR) is 339 cm³/mol. The van der Waals surface area contributed by atoms with Crippen LogP contribution in [0.1, 0.15) is 335 Å². The second-order valence-corrected chi connectivity index (χ2v) is 22.3. The molecule has 6 nitrogen and oxygen atoms in total. The van der Waals surface area contributed by atoms with Crippen molar-refractivity contribution in [3.8, 4) is 0 Å². The minimum Gasteiger partial charge on any atom is -0.462 e. The van der Waals surface area contributed by atoms with Crippen molar-refractivity contribution in [1.82, 2.24) is 0 Å². The van der Waals surface area contributed by atoms with Gasteiger partial charge in [0, 0.05) is 19.3 Å². The van der Waals surface area contributed by atoms with Crippen LogP contribution in [0.15, 0.2) is 85.1 Å². The van der Waals surface area contributed by atoms with Gasteiger partial charge >= 0.3 is 17.9 Å². The van der Waals surface area contributed by atoms with E-state index in [0.29, 0.717) is 19.3 Å². The van der Waals surface area contributed by atoms with Crippen LogP contribution >= 0.6 is 0 Å². The zero-order valence-electron chi connectivity index (χ0n) is 51.7. The van der Waals surface area contributed by atoms with Gasteiger partial charge in [0.2, 0.25) is 0 Å². The molecule has 0 aromatic heterocycles. The Labute approximate surface area is 484 Å². The molecule has 0 aliphatic heterocycles. The first-order valence-corrected chi connectivity index (χ1v) is 33.6. The van der Waals surface area contributed by atoms with Gasteiger partial charge in [-0.15, -0.1) is 0 Å². The standard InChI is InChI=1S/C72H126O6/c1-4-7-10-13-16-19-22-25-28-31-33-34-35-36-37-39-41-44-47-50-53-56-59-62-65-71(74)77-68-69(67-76-70(73)64-61-58-55-52-49-46-43-40-30-27-24-21-18-15-12-9-6-3)78-72(75)66-63-60-57-54-51-48-45-42-38-32-29-26-23-20-17-14-11-8-5-2/h8-9,11-12,17-18,20-21,26-27,29-30,38,42,69H,4-7,10,13-16,19,22-25,28,31-37,39-41,43-68H2,1-3H3/b11-8-,12-9-,20-17-,21-18-,29-26-,30-27-,42-38-. The minimum atomic E-state index is -0.790. The van der Waals surface area contributed by atoms with E-state index in [1.165, 1.54) is 173 Å². The summed E-state index contributed by atoms with van der Waals surface area (Å²) in [6.07, 6.45) is 87.4. The van der Waals surface area contributed by atoms with Gasteiger partial charge in [-0.2, -0.15) is 0 Å². The van der Waals surface area contributed by atoms with Gasteiger partial charge in [-0.05, 0) is 89.9 Å². The van der Waals surface area contributed by atoms with Crippen LogP contribution in [0.5, 0.6) is 0 Å². The van der Waals surface area contributed by atoms with Crippen molar-refractivity contribution < 1.29 is 28.6 Å². The third kappa shape index (κ3) is 63.4. The predicted octanol–water partition coefficient (Wildman–Crippen LogP) is 23.1. The first-order valence-electron chi connectivity index (χ1n) is 33.6. The van der Waals surface area contributed by atoms with Gasteiger partial charge < -0.3 is 14.2 Å². The van der Waals surface area contributed by atoms with Crippen molar-refractivity contribution in [3.05, 3.63) is 85.1 Å². The third-order valence-electron chi connectivity index (χ3n) is 14.6. The second-order valence-electron chi connectivity index (χ2n) is 22.3. The molecule has 0 aromatic rings. The van der Waals surface area contributed by atoms with E-state index in [-0.39, 0.29) is 31.1 Å². The van der Waals surface area contributed by atoms with Crippen LogP contribution in [0.3, 0.4) is 0 Å². The molecule has 450 valence electrons. The van der Waals surface area contributed by atoms with Crippen LogP contribution in [0.4, 0.5) is 0 Å². The number of allylic oxidation sites excluding steroid dienone is 14. The lowest BCUT2D eigenvalue weighted by Crippen LogP contribution is -2.30. The average Bonchev–Trinajstić information content (AvgIpc) is 3.44. The summed E-state index contributed by atoms with van der Waals surface area (Å²) in [6, 6.07) is 0. The Morgan fingerprint density at radius 1 is 0.269 bits per heavy atom. The van der Waals surface area contributed by atoms with Gasteiger partial charge in [0.05, 0.1) is 0 Å². The van der Waals surface area contributed by atoms with Crippen molar-refractivity contribution in [2.75, 3.05) is 13.2 Å². The summed E-state index contributed by atoms with van der Waals surface area (Å²) in [5.74, 6) is -0.891. The van der Waals surface area contributed by atoms with E-state index in [1.807, 2.05) is 0 Å². The summed E-state index contributed by atoms with van der Waals surface area (Å²) < 4.78 is 17.0. The molecule has 1 unspecified atom stereocenters. The Bertz CT molecular complexity index is 1480. The number of unbranched alkanes of at least 4 members (excludes halogenated alkanes) is 36. The molecule has 0 aromatic carbocycles. The maximum Gasteiger partial charge on any atom is 0.306 e. The summed E-state index contributed by atoms with van der Waals surface area (Å²) in [5.41, 5.74) is 0. The quantitative estimate of drug-likeness (QED) is 0.0261. The summed E-state index contributed by atoms with van der Waals surface area (Å²) >= 11 is 0. The van der Waals surface area contributed by atoms with Gasteiger partial charge in [0.15, 0.2) is 6.10 Å². The van der Waals surface area contributed by atoms with Crippen molar-refractivity contribution in [1.29, 1.82) is 0 Å². The molecule has 0 aliphatic carbocycles. The fraction of sp³-hybridized carbons (Fsp3) is 0.764. The van der Waals surface area contributed by atoms with Gasteiger partial charge in [0.1, 0.15) is 13.2 Å². The lowest BCUT2D eigenvalue weighted by atomic mass is 10.0. The lowest BCUT2D eigenvalue weighted by Gasteiger charge is -2.18. The normalized spacial score (nSPS) is 12.6. The zero-order chi connectivity index (χ0) is 56.4. The Morgan fingerprint density at radius 2 is 0.500 bits per heavy atom. The smallest absolute Gasteiger partial charge is 0.306 e. The van der Waals surface area contributed by atoms with Crippen molar-refractivity contribution in [3.63, 3.8) is 0 Å². The molecular weight excluding hydrogens is 961 g/mol. The van der Waals surface area contributed by atoms with E-state index in [2.05, 4.69) is 106 Å². The SMILES string of the molecule is CC/C=C\C/C=C\C/C=C\C/C=C\CCCCCCCCC(=O)OC(COC(=O)CCCCCCCCC/C=C\C/C=C\C/C=C\CC)COC(=O)CCCCCCCCCCCCCCCCCCCCCCCCCC. The zero-order valence-corrected chi connectivity index (χ0v) is 51.7. The molecule has 0 saturated heterocycles. The third-order valence-corrected chi connectivity index (χ3v) is 14.6. The van der Waals surface area contributed by atoms with E-state index in [4.69, 9.17) is 14.2 Å². The topological polar surface area (TPSA) is 78.9 Å². The molecule has 0 fully saturated rings. The number of carbonyl (C=O) groups excluding carboxylic acids is 3. The number of hydrogen-bond donors (Lipinski definition) is 0. The van der Waals surface area contributed by atoms with E-state index in [0.717, 1.165) is 122 Å². The molecule has 0 heterocycles. The van der Waals surface area contributed by atoms with Gasteiger partial charge in [-0.1, -0.05) is 311 Å². The summed E-state index contributed by atoms with van der Waals surface area (Å²) in [5, 5.41) is 0. The van der Waals surface area contributed by atoms with Crippen LogP contribution in [-0.4, -0.2) is 37.2 Å². The van der Waals surface area contributed by atoms with Crippen LogP contribution < -0.4 is 0 Å². The van der Waals surface area contributed by atoms with Crippen molar-refractivity contribution in [2.24, 2.45) is 0 Å². The summed E-state index contributed by atoms with van der Waals surface area (Å²) in [4.78, 5) is 38.4. The van der Waals surface area contributed by atoms with E-state index in [9.17, 15) is 14.4 Å². The Hall–Kier alpha value is -3.41. The van der Waals surface area contributed by atoms with E-state index in [1.54, 1.807) is 0 Å². The number of hydrogen-bond acceptors (Lipinski definition) is 6. The maximum absolute atomic E-state index is 12.9. The van der Waals surface area contributed by atoms with Crippen LogP contribution in [0, 0.1) is 0 Å². The molecule has 0 N–H and O–H groups in total. The molecule has 0 saturated carbocycles. The highest BCUT2D eigenvalue weighted by Gasteiger charge is 2.19. The Morgan fingerprint density at radius 3 is 0.782 bits per heavy atom. The first kappa shape index (κ1) is 74.6. The highest BCUT2D eigenvalue weighted by atomic mass is 16.6. The van der Waals surface area contributed by atoms with Crippen LogP contribution in [0.25, 0.3) is 0 Å². The second kappa shape index (κ2) is 66.1. The fourth-order valence-corrected chi connectivity index (χ4v) is 9.69. The Kier molecular flexibility index (Phi) is 63.2. The van der Waals surface area contributed by atoms with Crippen LogP contribution in [0.2, 0.25) is 0 Å². The number of carbonyl (C=O) groups is 3. The first-order chi connectivity index (χ1) is 38.5. The van der Waals surface area contributed by atoms with E-state index < -0.39 is 6.10 Å². The summed E-state index contributed by atoms with van der Waals surface area (Å²) in [7, 11) is 0. The highest BCUT2D eigenvalue weighted by Crippen LogP contribution is 2.18. The molecule has 0 spiro atoms. The van der Waals surface area contributed by atoms with Crippen LogP contribution in [-0.2, 0) is 28.6 Å². The molecule has 78 heavy (non-hydrogen) atoms. The van der Waals surface area contributed by atoms with Crippen molar-refractivity contribution in [2.45, 2.75) is 341 Å². The summed E-state index contributed by atoms with van der Waals surface area (Å²) in [6.45, 7) is 6.45. The maximum atomic E-state index is 12.9. The lowest BCUT2D eigenvalue weighted by molar-refractivity contribution is -0.167. The number of ether oxygens (including phenoxy) is 3. The molecule has 6 heteroatoms. The average molecular weight is 1090 g/mol. The molecule has 0 amide bonds. The molecule has 0 aliphatic rings. The molecule has 0 rings (SSSR count). The minimum absolute atomic E-state index is 0.0830. The monoisotopic (exact) mass is 1090 g/mol.